The Morgan fingerprint density at radius 3 is 2.60 bits per heavy atom. The second-order valence-electron chi connectivity index (χ2n) is 4.51. The van der Waals surface area contributed by atoms with Crippen LogP contribution in [-0.2, 0) is 4.79 Å². The van der Waals surface area contributed by atoms with E-state index in [9.17, 15) is 15.0 Å². The number of rotatable bonds is 4. The highest BCUT2D eigenvalue weighted by Gasteiger charge is 2.22. The zero-order chi connectivity index (χ0) is 14.9. The van der Waals surface area contributed by atoms with Crippen LogP contribution in [0, 0.1) is 13.8 Å². The zero-order valence-corrected chi connectivity index (χ0v) is 11.9. The SMILES string of the molecule is Cc1ccc(-n2c(O)c(Cl)c(NCC=O)c2O)c(C)c1. The summed E-state index contributed by atoms with van der Waals surface area (Å²) >= 11 is 5.98. The average molecular weight is 295 g/mol. The minimum absolute atomic E-state index is 0.0103. The fraction of sp³-hybridized carbons (Fsp3) is 0.214. The molecule has 0 amide bonds. The van der Waals surface area contributed by atoms with Crippen molar-refractivity contribution in [2.45, 2.75) is 13.8 Å². The smallest absolute Gasteiger partial charge is 0.224 e. The molecule has 0 aliphatic heterocycles. The van der Waals surface area contributed by atoms with Crippen molar-refractivity contribution in [3.05, 3.63) is 34.3 Å². The third kappa shape index (κ3) is 2.32. The highest BCUT2D eigenvalue weighted by atomic mass is 35.5. The van der Waals surface area contributed by atoms with Crippen LogP contribution in [0.5, 0.6) is 11.8 Å². The molecule has 0 radical (unpaired) electrons. The third-order valence-corrected chi connectivity index (χ3v) is 3.38. The van der Waals surface area contributed by atoms with E-state index in [1.807, 2.05) is 26.0 Å². The van der Waals surface area contributed by atoms with E-state index >= 15 is 0 Å². The van der Waals surface area contributed by atoms with Gasteiger partial charge in [0.25, 0.3) is 0 Å². The van der Waals surface area contributed by atoms with Crippen LogP contribution >= 0.6 is 11.6 Å². The lowest BCUT2D eigenvalue weighted by Crippen LogP contribution is -2.02. The summed E-state index contributed by atoms with van der Waals surface area (Å²) in [5, 5.41) is 22.9. The topological polar surface area (TPSA) is 74.5 Å². The number of benzene rings is 1. The van der Waals surface area contributed by atoms with Gasteiger partial charge in [-0.25, -0.2) is 4.57 Å². The average Bonchev–Trinajstić information content (AvgIpc) is 2.60. The number of aromatic nitrogens is 1. The van der Waals surface area contributed by atoms with Gasteiger partial charge in [0.2, 0.25) is 11.8 Å². The number of aromatic hydroxyl groups is 2. The molecular weight excluding hydrogens is 280 g/mol. The van der Waals surface area contributed by atoms with Crippen LogP contribution in [0.4, 0.5) is 5.69 Å². The summed E-state index contributed by atoms with van der Waals surface area (Å²) in [4.78, 5) is 10.4. The van der Waals surface area contributed by atoms with Gasteiger partial charge in [-0.15, -0.1) is 0 Å². The first kappa shape index (κ1) is 14.3. The second-order valence-corrected chi connectivity index (χ2v) is 4.89. The molecule has 0 aliphatic carbocycles. The molecule has 0 aliphatic rings. The molecule has 0 atom stereocenters. The summed E-state index contributed by atoms with van der Waals surface area (Å²) in [5.74, 6) is -0.508. The van der Waals surface area contributed by atoms with Gasteiger partial charge in [0.05, 0.1) is 12.2 Å². The molecule has 2 aromatic rings. The molecule has 1 aromatic carbocycles. The Bertz CT molecular complexity index is 665. The Morgan fingerprint density at radius 1 is 1.30 bits per heavy atom. The maximum absolute atomic E-state index is 10.4. The lowest BCUT2D eigenvalue weighted by Gasteiger charge is -2.11. The highest BCUT2D eigenvalue weighted by molar-refractivity contribution is 6.35. The molecule has 5 nitrogen and oxygen atoms in total. The zero-order valence-electron chi connectivity index (χ0n) is 11.1. The van der Waals surface area contributed by atoms with Crippen molar-refractivity contribution >= 4 is 23.6 Å². The van der Waals surface area contributed by atoms with E-state index in [-0.39, 0.29) is 29.0 Å². The predicted octanol–water partition coefficient (Wildman–Crippen LogP) is 2.77. The molecule has 1 heterocycles. The number of nitrogens with one attached hydrogen (secondary N) is 1. The van der Waals surface area contributed by atoms with E-state index in [0.717, 1.165) is 11.1 Å². The summed E-state index contributed by atoms with van der Waals surface area (Å²) in [6.45, 7) is 3.81. The fourth-order valence-corrected chi connectivity index (χ4v) is 2.34. The monoisotopic (exact) mass is 294 g/mol. The molecule has 0 saturated heterocycles. The quantitative estimate of drug-likeness (QED) is 0.758. The van der Waals surface area contributed by atoms with Crippen molar-refractivity contribution in [3.63, 3.8) is 0 Å². The maximum Gasteiger partial charge on any atom is 0.224 e. The minimum Gasteiger partial charge on any atom is -0.493 e. The molecule has 0 bridgehead atoms. The standard InChI is InChI=1S/C14H15ClN2O3/c1-8-3-4-10(9(2)7-8)17-13(19)11(15)12(14(17)20)16-5-6-18/h3-4,6-7,16,19-20H,5H2,1-2H3. The largest absolute Gasteiger partial charge is 0.493 e. The van der Waals surface area contributed by atoms with Crippen LogP contribution in [0.15, 0.2) is 18.2 Å². The van der Waals surface area contributed by atoms with Crippen LogP contribution < -0.4 is 5.32 Å². The number of carbonyl (C=O) groups excluding carboxylic acids is 1. The van der Waals surface area contributed by atoms with Gasteiger partial charge in [0.15, 0.2) is 0 Å². The van der Waals surface area contributed by atoms with Gasteiger partial charge in [0.1, 0.15) is 17.0 Å². The van der Waals surface area contributed by atoms with Gasteiger partial charge in [-0.05, 0) is 25.5 Å². The molecule has 3 N–H and O–H groups in total. The molecule has 6 heteroatoms. The van der Waals surface area contributed by atoms with Crippen LogP contribution in [0.3, 0.4) is 0 Å². The number of carbonyl (C=O) groups is 1. The number of nitrogens with zero attached hydrogens (tertiary/aromatic N) is 1. The first-order valence-corrected chi connectivity index (χ1v) is 6.42. The molecular formula is C14H15ClN2O3. The Kier molecular flexibility index (Phi) is 3.90. The molecule has 106 valence electrons. The molecule has 0 spiro atoms. The number of anilines is 1. The van der Waals surface area contributed by atoms with Gasteiger partial charge < -0.3 is 20.3 Å². The Morgan fingerprint density at radius 2 is 2.00 bits per heavy atom. The minimum atomic E-state index is -0.274. The highest BCUT2D eigenvalue weighted by Crippen LogP contribution is 2.44. The van der Waals surface area contributed by atoms with Gasteiger partial charge in [-0.1, -0.05) is 29.3 Å². The van der Waals surface area contributed by atoms with Crippen molar-refractivity contribution in [3.8, 4) is 17.4 Å². The Labute approximate surface area is 121 Å². The van der Waals surface area contributed by atoms with E-state index in [0.29, 0.717) is 12.0 Å². The van der Waals surface area contributed by atoms with Crippen LogP contribution in [0.1, 0.15) is 11.1 Å². The van der Waals surface area contributed by atoms with E-state index in [1.54, 1.807) is 6.07 Å². The number of aryl methyl sites for hydroxylation is 2. The van der Waals surface area contributed by atoms with Gasteiger partial charge >= 0.3 is 0 Å². The number of aldehydes is 1. The first-order chi connectivity index (χ1) is 9.47. The van der Waals surface area contributed by atoms with E-state index < -0.39 is 0 Å². The van der Waals surface area contributed by atoms with Crippen molar-refractivity contribution in [2.24, 2.45) is 0 Å². The Hall–Kier alpha value is -2.14. The number of halogens is 1. The predicted molar refractivity (Wildman–Crippen MR) is 78.1 cm³/mol. The van der Waals surface area contributed by atoms with Crippen molar-refractivity contribution < 1.29 is 15.0 Å². The normalized spacial score (nSPS) is 10.6. The van der Waals surface area contributed by atoms with Gasteiger partial charge in [0, 0.05) is 0 Å². The van der Waals surface area contributed by atoms with Crippen LogP contribution in [0.2, 0.25) is 5.02 Å². The van der Waals surface area contributed by atoms with Gasteiger partial charge in [-0.2, -0.15) is 0 Å². The molecule has 0 saturated carbocycles. The molecule has 0 fully saturated rings. The summed E-state index contributed by atoms with van der Waals surface area (Å²) in [6, 6.07) is 5.58. The van der Waals surface area contributed by atoms with E-state index in [2.05, 4.69) is 5.32 Å². The first-order valence-electron chi connectivity index (χ1n) is 6.04. The lowest BCUT2D eigenvalue weighted by atomic mass is 10.1. The van der Waals surface area contributed by atoms with Crippen LogP contribution in [0.25, 0.3) is 5.69 Å². The maximum atomic E-state index is 10.4. The van der Waals surface area contributed by atoms with Gasteiger partial charge in [-0.3, -0.25) is 0 Å². The van der Waals surface area contributed by atoms with Crippen LogP contribution in [-0.4, -0.2) is 27.6 Å². The number of hydrogen-bond donors (Lipinski definition) is 3. The molecule has 0 unspecified atom stereocenters. The lowest BCUT2D eigenvalue weighted by molar-refractivity contribution is -0.106. The van der Waals surface area contributed by atoms with Crippen molar-refractivity contribution in [2.75, 3.05) is 11.9 Å². The van der Waals surface area contributed by atoms with Crippen molar-refractivity contribution in [1.29, 1.82) is 0 Å². The third-order valence-electron chi connectivity index (χ3n) is 3.02. The number of hydrogen-bond acceptors (Lipinski definition) is 4. The second kappa shape index (κ2) is 5.46. The molecule has 1 aromatic heterocycles. The fourth-order valence-electron chi connectivity index (χ4n) is 2.11. The molecule has 20 heavy (non-hydrogen) atoms. The molecule has 2 rings (SSSR count). The summed E-state index contributed by atoms with van der Waals surface area (Å²) in [5.41, 5.74) is 2.70. The van der Waals surface area contributed by atoms with Crippen molar-refractivity contribution in [1.82, 2.24) is 4.57 Å². The van der Waals surface area contributed by atoms with E-state index in [4.69, 9.17) is 11.6 Å². The summed E-state index contributed by atoms with van der Waals surface area (Å²) in [7, 11) is 0. The Balaban J connectivity index is 2.59. The summed E-state index contributed by atoms with van der Waals surface area (Å²) in [6.07, 6.45) is 0.640. The summed E-state index contributed by atoms with van der Waals surface area (Å²) < 4.78 is 1.24. The van der Waals surface area contributed by atoms with E-state index in [1.165, 1.54) is 4.57 Å².